The number of aldehydes is 1. The average Bonchev–Trinajstić information content (AvgIpc) is 2.61. The molecule has 8 N–H and O–H groups in total. The second-order valence-electron chi connectivity index (χ2n) is 5.56. The Morgan fingerprint density at radius 2 is 1.81 bits per heavy atom. The van der Waals surface area contributed by atoms with E-state index in [0.717, 1.165) is 5.56 Å². The lowest BCUT2D eigenvalue weighted by atomic mass is 10.1. The number of amides is 2. The molecule has 0 unspecified atom stereocenters. The van der Waals surface area contributed by atoms with Gasteiger partial charge < -0.3 is 32.0 Å². The van der Waals surface area contributed by atoms with Gasteiger partial charge in [0.05, 0.1) is 12.6 Å². The van der Waals surface area contributed by atoms with Crippen molar-refractivity contribution in [1.29, 1.82) is 5.41 Å². The molecule has 0 fully saturated rings. The molecule has 0 radical (unpaired) electrons. The van der Waals surface area contributed by atoms with E-state index in [-0.39, 0.29) is 36.3 Å². The summed E-state index contributed by atoms with van der Waals surface area (Å²) in [5.74, 6) is -0.762. The maximum Gasteiger partial charge on any atom is 0.239 e. The molecule has 0 heterocycles. The molecule has 0 bridgehead atoms. The summed E-state index contributed by atoms with van der Waals surface area (Å²) in [5.41, 5.74) is 6.20. The summed E-state index contributed by atoms with van der Waals surface area (Å²) in [4.78, 5) is 34.5. The number of hydrogen-bond donors (Lipinski definition) is 5. The molecule has 10 heteroatoms. The number of guanidine groups is 1. The molecule has 0 saturated carbocycles. The smallest absolute Gasteiger partial charge is 0.239 e. The van der Waals surface area contributed by atoms with E-state index in [0.29, 0.717) is 38.5 Å². The fraction of sp³-hybridized carbons (Fsp3) is 0.412. The minimum atomic E-state index is -0.623. The Morgan fingerprint density at radius 1 is 1.15 bits per heavy atom. The van der Waals surface area contributed by atoms with Crippen LogP contribution in [0.3, 0.4) is 0 Å². The van der Waals surface area contributed by atoms with Gasteiger partial charge in [-0.2, -0.15) is 0 Å². The van der Waals surface area contributed by atoms with Crippen molar-refractivity contribution in [3.63, 3.8) is 0 Å². The molecule has 27 heavy (non-hydrogen) atoms. The van der Waals surface area contributed by atoms with Crippen LogP contribution < -0.4 is 21.7 Å². The van der Waals surface area contributed by atoms with Crippen LogP contribution in [0.2, 0.25) is 0 Å². The van der Waals surface area contributed by atoms with E-state index in [1.807, 2.05) is 30.3 Å². The summed E-state index contributed by atoms with van der Waals surface area (Å²) in [5, 5.41) is 14.7. The van der Waals surface area contributed by atoms with Crippen molar-refractivity contribution in [3.05, 3.63) is 35.9 Å². The van der Waals surface area contributed by atoms with Crippen LogP contribution in [0, 0.1) is 5.41 Å². The molecule has 152 valence electrons. The van der Waals surface area contributed by atoms with Gasteiger partial charge in [-0.15, -0.1) is 12.4 Å². The lowest BCUT2D eigenvalue weighted by molar-refractivity contribution is -0.127. The SMILES string of the molecule is Cl.N=C(N)NCCC[C@@H](C=O)NC(=O)CNC(=O)CCc1ccccc1.O. The third kappa shape index (κ3) is 13.2. The van der Waals surface area contributed by atoms with Crippen molar-refractivity contribution in [2.75, 3.05) is 13.1 Å². The normalized spacial score (nSPS) is 10.4. The average molecular weight is 402 g/mol. The molecule has 0 saturated heterocycles. The molecular weight excluding hydrogens is 374 g/mol. The topological polar surface area (TPSA) is 169 Å². The zero-order valence-corrected chi connectivity index (χ0v) is 15.8. The largest absolute Gasteiger partial charge is 0.412 e. The van der Waals surface area contributed by atoms with E-state index in [4.69, 9.17) is 11.1 Å². The van der Waals surface area contributed by atoms with E-state index in [1.165, 1.54) is 0 Å². The molecule has 2 amide bonds. The monoisotopic (exact) mass is 401 g/mol. The Bertz CT molecular complexity index is 586. The van der Waals surface area contributed by atoms with E-state index < -0.39 is 11.9 Å². The first kappa shape index (κ1) is 26.6. The number of carbonyl (C=O) groups is 3. The number of hydrogen-bond acceptors (Lipinski definition) is 4. The predicted molar refractivity (Wildman–Crippen MR) is 106 cm³/mol. The van der Waals surface area contributed by atoms with E-state index in [1.54, 1.807) is 0 Å². The number of benzene rings is 1. The van der Waals surface area contributed by atoms with Crippen LogP contribution in [-0.4, -0.2) is 48.7 Å². The van der Waals surface area contributed by atoms with Gasteiger partial charge in [0, 0.05) is 13.0 Å². The molecule has 1 aromatic rings. The lowest BCUT2D eigenvalue weighted by Crippen LogP contribution is -2.43. The van der Waals surface area contributed by atoms with Gasteiger partial charge in [0.1, 0.15) is 6.29 Å². The minimum Gasteiger partial charge on any atom is -0.412 e. The maximum absolute atomic E-state index is 11.8. The standard InChI is InChI=1S/C17H25N5O3.ClH.H2O/c18-17(19)20-10-4-7-14(12-23)22-16(25)11-21-15(24)9-8-13-5-2-1-3-6-13;;/h1-3,5-6,12,14H,4,7-11H2,(H,21,24)(H,22,25)(H4,18,19,20);1H;1H2/t14-;;/m0../s1. The molecule has 9 nitrogen and oxygen atoms in total. The van der Waals surface area contributed by atoms with Crippen LogP contribution in [-0.2, 0) is 20.8 Å². The highest BCUT2D eigenvalue weighted by atomic mass is 35.5. The quantitative estimate of drug-likeness (QED) is 0.142. The zero-order valence-electron chi connectivity index (χ0n) is 15.0. The van der Waals surface area contributed by atoms with Gasteiger partial charge in [-0.25, -0.2) is 0 Å². The van der Waals surface area contributed by atoms with Crippen LogP contribution in [0.15, 0.2) is 30.3 Å². The third-order valence-corrected chi connectivity index (χ3v) is 3.45. The van der Waals surface area contributed by atoms with Gasteiger partial charge in [-0.1, -0.05) is 30.3 Å². The highest BCUT2D eigenvalue weighted by molar-refractivity contribution is 5.86. The molecule has 1 rings (SSSR count). The Labute approximate surface area is 164 Å². The molecule has 0 aliphatic rings. The number of nitrogens with one attached hydrogen (secondary N) is 4. The highest BCUT2D eigenvalue weighted by Crippen LogP contribution is 2.01. The number of nitrogens with two attached hydrogens (primary N) is 1. The summed E-state index contributed by atoms with van der Waals surface area (Å²) >= 11 is 0. The first-order valence-corrected chi connectivity index (χ1v) is 8.14. The summed E-state index contributed by atoms with van der Waals surface area (Å²) in [7, 11) is 0. The van der Waals surface area contributed by atoms with Gasteiger partial charge in [0.25, 0.3) is 0 Å². The number of carbonyl (C=O) groups excluding carboxylic acids is 3. The van der Waals surface area contributed by atoms with Crippen molar-refractivity contribution in [3.8, 4) is 0 Å². The van der Waals surface area contributed by atoms with E-state index in [9.17, 15) is 14.4 Å². The van der Waals surface area contributed by atoms with Crippen molar-refractivity contribution >= 4 is 36.5 Å². The second kappa shape index (κ2) is 15.6. The molecule has 1 aromatic carbocycles. The van der Waals surface area contributed by atoms with Crippen LogP contribution in [0.5, 0.6) is 0 Å². The number of halogens is 1. The number of rotatable bonds is 11. The summed E-state index contributed by atoms with van der Waals surface area (Å²) in [6.07, 6.45) is 2.56. The second-order valence-corrected chi connectivity index (χ2v) is 5.56. The Balaban J connectivity index is 0. The summed E-state index contributed by atoms with van der Waals surface area (Å²) < 4.78 is 0. The summed E-state index contributed by atoms with van der Waals surface area (Å²) in [6, 6.07) is 8.99. The Hall–Kier alpha value is -2.65. The van der Waals surface area contributed by atoms with Crippen LogP contribution in [0.25, 0.3) is 0 Å². The molecular formula is C17H28ClN5O4. The van der Waals surface area contributed by atoms with Crippen LogP contribution in [0.1, 0.15) is 24.8 Å². The highest BCUT2D eigenvalue weighted by Gasteiger charge is 2.12. The first-order chi connectivity index (χ1) is 12.0. The van der Waals surface area contributed by atoms with Gasteiger partial charge in [0.15, 0.2) is 5.96 Å². The summed E-state index contributed by atoms with van der Waals surface area (Å²) in [6.45, 7) is 0.287. The third-order valence-electron chi connectivity index (χ3n) is 3.45. The van der Waals surface area contributed by atoms with Crippen molar-refractivity contribution < 1.29 is 19.9 Å². The van der Waals surface area contributed by atoms with Gasteiger partial charge in [-0.3, -0.25) is 15.0 Å². The maximum atomic E-state index is 11.8. The van der Waals surface area contributed by atoms with Crippen LogP contribution >= 0.6 is 12.4 Å². The minimum absolute atomic E-state index is 0. The molecule has 0 aromatic heterocycles. The number of aryl methyl sites for hydroxylation is 1. The van der Waals surface area contributed by atoms with Crippen molar-refractivity contribution in [2.24, 2.45) is 5.73 Å². The fourth-order valence-electron chi connectivity index (χ4n) is 2.15. The molecule has 0 spiro atoms. The van der Waals surface area contributed by atoms with Crippen molar-refractivity contribution in [1.82, 2.24) is 16.0 Å². The zero-order chi connectivity index (χ0) is 18.5. The molecule has 0 aliphatic carbocycles. The Morgan fingerprint density at radius 3 is 2.41 bits per heavy atom. The molecule has 1 atom stereocenters. The van der Waals surface area contributed by atoms with Crippen LogP contribution in [0.4, 0.5) is 0 Å². The van der Waals surface area contributed by atoms with Crippen molar-refractivity contribution in [2.45, 2.75) is 31.7 Å². The molecule has 0 aliphatic heterocycles. The first-order valence-electron chi connectivity index (χ1n) is 8.14. The predicted octanol–water partition coefficient (Wildman–Crippen LogP) is -0.721. The Kier molecular flexibility index (Phi) is 15.3. The van der Waals surface area contributed by atoms with Gasteiger partial charge in [0.2, 0.25) is 11.8 Å². The lowest BCUT2D eigenvalue weighted by Gasteiger charge is -2.13. The van der Waals surface area contributed by atoms with E-state index >= 15 is 0 Å². The van der Waals surface area contributed by atoms with Gasteiger partial charge >= 0.3 is 0 Å². The van der Waals surface area contributed by atoms with Gasteiger partial charge in [-0.05, 0) is 24.8 Å². The van der Waals surface area contributed by atoms with E-state index in [2.05, 4.69) is 16.0 Å². The fourth-order valence-corrected chi connectivity index (χ4v) is 2.15.